The molecule has 2 aliphatic rings. The Kier molecular flexibility index (Phi) is 4.96. The number of piperidine rings is 1. The molecule has 0 radical (unpaired) electrons. The number of carbonyl (C=O) groups excluding carboxylic acids is 1. The van der Waals surface area contributed by atoms with Gasteiger partial charge < -0.3 is 10.2 Å². The Labute approximate surface area is 159 Å². The van der Waals surface area contributed by atoms with E-state index in [1.807, 2.05) is 0 Å². The third-order valence-electron chi connectivity index (χ3n) is 5.78. The minimum absolute atomic E-state index is 0.0825. The first-order chi connectivity index (χ1) is 13.0. The Balaban J connectivity index is 1.31. The Morgan fingerprint density at radius 3 is 2.67 bits per heavy atom. The molecule has 0 spiro atoms. The molecule has 4 nitrogen and oxygen atoms in total. The number of pyridine rings is 1. The quantitative estimate of drug-likeness (QED) is 0.872. The number of likely N-dealkylation sites (tertiary alicyclic amines) is 1. The zero-order valence-electron chi connectivity index (χ0n) is 15.7. The van der Waals surface area contributed by atoms with Crippen LogP contribution < -0.4 is 5.32 Å². The average Bonchev–Trinajstić information content (AvgIpc) is 3.40. The van der Waals surface area contributed by atoms with E-state index in [2.05, 4.69) is 22.1 Å². The van der Waals surface area contributed by atoms with Crippen LogP contribution in [0.15, 0.2) is 42.6 Å². The predicted molar refractivity (Wildman–Crippen MR) is 104 cm³/mol. The van der Waals surface area contributed by atoms with E-state index >= 15 is 0 Å². The molecule has 0 bridgehead atoms. The van der Waals surface area contributed by atoms with E-state index < -0.39 is 0 Å². The highest BCUT2D eigenvalue weighted by Crippen LogP contribution is 2.45. The lowest BCUT2D eigenvalue weighted by Gasteiger charge is -2.34. The van der Waals surface area contributed by atoms with Crippen LogP contribution >= 0.6 is 0 Å². The SMILES string of the molecule is CC1(CN2CCC(NC(=O)c3ccc(-c4cccc(F)c4)nc3)CC2)CC1. The summed E-state index contributed by atoms with van der Waals surface area (Å²) in [5, 5.41) is 3.14. The van der Waals surface area contributed by atoms with Crippen molar-refractivity contribution in [2.24, 2.45) is 5.41 Å². The highest BCUT2D eigenvalue weighted by atomic mass is 19.1. The van der Waals surface area contributed by atoms with Crippen molar-refractivity contribution in [1.29, 1.82) is 0 Å². The largest absolute Gasteiger partial charge is 0.349 e. The molecule has 1 aliphatic heterocycles. The molecule has 1 aliphatic carbocycles. The summed E-state index contributed by atoms with van der Waals surface area (Å²) < 4.78 is 13.3. The molecule has 4 rings (SSSR count). The summed E-state index contributed by atoms with van der Waals surface area (Å²) in [6.45, 7) is 5.66. The van der Waals surface area contributed by atoms with Crippen molar-refractivity contribution in [3.63, 3.8) is 0 Å². The van der Waals surface area contributed by atoms with Crippen LogP contribution in [-0.2, 0) is 0 Å². The average molecular weight is 367 g/mol. The summed E-state index contributed by atoms with van der Waals surface area (Å²) in [6, 6.07) is 10.1. The summed E-state index contributed by atoms with van der Waals surface area (Å²) in [5.74, 6) is -0.376. The smallest absolute Gasteiger partial charge is 0.253 e. The van der Waals surface area contributed by atoms with Gasteiger partial charge in [-0.05, 0) is 55.4 Å². The molecule has 142 valence electrons. The Morgan fingerprint density at radius 1 is 1.26 bits per heavy atom. The lowest BCUT2D eigenvalue weighted by atomic mass is 10.0. The lowest BCUT2D eigenvalue weighted by molar-refractivity contribution is 0.0904. The van der Waals surface area contributed by atoms with E-state index in [1.54, 1.807) is 30.5 Å². The van der Waals surface area contributed by atoms with Crippen LogP contribution in [0.1, 0.15) is 43.0 Å². The van der Waals surface area contributed by atoms with Gasteiger partial charge in [-0.2, -0.15) is 0 Å². The van der Waals surface area contributed by atoms with E-state index in [0.29, 0.717) is 22.2 Å². The van der Waals surface area contributed by atoms with Gasteiger partial charge in [-0.15, -0.1) is 0 Å². The Bertz CT molecular complexity index is 809. The summed E-state index contributed by atoms with van der Waals surface area (Å²) >= 11 is 0. The Hall–Kier alpha value is -2.27. The minimum Gasteiger partial charge on any atom is -0.349 e. The number of benzene rings is 1. The molecular formula is C22H26FN3O. The van der Waals surface area contributed by atoms with Crippen molar-refractivity contribution in [3.8, 4) is 11.3 Å². The molecule has 1 N–H and O–H groups in total. The van der Waals surface area contributed by atoms with E-state index in [4.69, 9.17) is 0 Å². The van der Waals surface area contributed by atoms with Crippen molar-refractivity contribution in [2.45, 2.75) is 38.6 Å². The van der Waals surface area contributed by atoms with Gasteiger partial charge in [0.15, 0.2) is 0 Å². The molecule has 2 fully saturated rings. The molecule has 0 atom stereocenters. The summed E-state index contributed by atoms with van der Waals surface area (Å²) in [4.78, 5) is 19.4. The van der Waals surface area contributed by atoms with Gasteiger partial charge >= 0.3 is 0 Å². The highest BCUT2D eigenvalue weighted by Gasteiger charge is 2.39. The zero-order valence-corrected chi connectivity index (χ0v) is 15.7. The van der Waals surface area contributed by atoms with Gasteiger partial charge in [0.1, 0.15) is 5.82 Å². The van der Waals surface area contributed by atoms with Crippen LogP contribution in [-0.4, -0.2) is 41.5 Å². The molecule has 2 aromatic rings. The van der Waals surface area contributed by atoms with E-state index in [-0.39, 0.29) is 17.8 Å². The predicted octanol–water partition coefficient (Wildman–Crippen LogP) is 3.88. The third kappa shape index (κ3) is 4.53. The third-order valence-corrected chi connectivity index (χ3v) is 5.78. The maximum atomic E-state index is 13.3. The molecule has 0 unspecified atom stereocenters. The fourth-order valence-electron chi connectivity index (χ4n) is 3.76. The van der Waals surface area contributed by atoms with Gasteiger partial charge in [-0.3, -0.25) is 9.78 Å². The molecular weight excluding hydrogens is 341 g/mol. The monoisotopic (exact) mass is 367 g/mol. The minimum atomic E-state index is -0.293. The maximum absolute atomic E-state index is 13.3. The number of rotatable bonds is 5. The van der Waals surface area contributed by atoms with Gasteiger partial charge in [-0.25, -0.2) is 4.39 Å². The standard InChI is InChI=1S/C22H26FN3O/c1-22(9-10-22)15-26-11-7-19(8-12-26)25-21(27)17-5-6-20(24-14-17)16-3-2-4-18(23)13-16/h2-6,13-14,19H,7-12,15H2,1H3,(H,25,27). The van der Waals surface area contributed by atoms with E-state index in [0.717, 1.165) is 25.9 Å². The fraction of sp³-hybridized carbons (Fsp3) is 0.455. The first-order valence-electron chi connectivity index (χ1n) is 9.76. The molecule has 1 saturated heterocycles. The van der Waals surface area contributed by atoms with Crippen molar-refractivity contribution < 1.29 is 9.18 Å². The number of nitrogens with one attached hydrogen (secondary N) is 1. The number of hydrogen-bond donors (Lipinski definition) is 1. The molecule has 2 heterocycles. The summed E-state index contributed by atoms with van der Waals surface area (Å²) in [7, 11) is 0. The number of nitrogens with zero attached hydrogens (tertiary/aromatic N) is 2. The van der Waals surface area contributed by atoms with Crippen LogP contribution in [0.4, 0.5) is 4.39 Å². The second-order valence-electron chi connectivity index (χ2n) is 8.28. The normalized spacial score (nSPS) is 19.6. The molecule has 1 amide bonds. The number of amides is 1. The lowest BCUT2D eigenvalue weighted by Crippen LogP contribution is -2.45. The molecule has 27 heavy (non-hydrogen) atoms. The maximum Gasteiger partial charge on any atom is 0.253 e. The number of halogens is 1. The van der Waals surface area contributed by atoms with Crippen molar-refractivity contribution in [3.05, 3.63) is 54.0 Å². The van der Waals surface area contributed by atoms with Crippen LogP contribution in [0.3, 0.4) is 0 Å². The van der Waals surface area contributed by atoms with Gasteiger partial charge in [0.25, 0.3) is 5.91 Å². The van der Waals surface area contributed by atoms with Crippen LogP contribution in [0.2, 0.25) is 0 Å². The number of hydrogen-bond acceptors (Lipinski definition) is 3. The second kappa shape index (κ2) is 7.39. The summed E-state index contributed by atoms with van der Waals surface area (Å²) in [6.07, 6.45) is 6.26. The topological polar surface area (TPSA) is 45.2 Å². The van der Waals surface area contributed by atoms with E-state index in [1.165, 1.54) is 31.5 Å². The Morgan fingerprint density at radius 2 is 2.04 bits per heavy atom. The molecule has 5 heteroatoms. The van der Waals surface area contributed by atoms with E-state index in [9.17, 15) is 9.18 Å². The van der Waals surface area contributed by atoms with Gasteiger partial charge in [0.05, 0.1) is 11.3 Å². The van der Waals surface area contributed by atoms with Gasteiger partial charge in [-0.1, -0.05) is 19.1 Å². The number of carbonyl (C=O) groups is 1. The first-order valence-corrected chi connectivity index (χ1v) is 9.76. The molecule has 1 aromatic heterocycles. The number of aromatic nitrogens is 1. The highest BCUT2D eigenvalue weighted by molar-refractivity contribution is 5.94. The van der Waals surface area contributed by atoms with Crippen LogP contribution in [0.25, 0.3) is 11.3 Å². The van der Waals surface area contributed by atoms with Gasteiger partial charge in [0.2, 0.25) is 0 Å². The molecule has 1 saturated carbocycles. The van der Waals surface area contributed by atoms with Crippen molar-refractivity contribution in [1.82, 2.24) is 15.2 Å². The summed E-state index contributed by atoms with van der Waals surface area (Å²) in [5.41, 5.74) is 2.46. The molecule has 1 aromatic carbocycles. The fourth-order valence-corrected chi connectivity index (χ4v) is 3.76. The van der Waals surface area contributed by atoms with Crippen molar-refractivity contribution in [2.75, 3.05) is 19.6 Å². The van der Waals surface area contributed by atoms with Crippen LogP contribution in [0, 0.1) is 11.2 Å². The van der Waals surface area contributed by atoms with Gasteiger partial charge in [0, 0.05) is 37.4 Å². The first kappa shape index (κ1) is 18.1. The zero-order chi connectivity index (χ0) is 18.9. The van der Waals surface area contributed by atoms with Crippen molar-refractivity contribution >= 4 is 5.91 Å². The second-order valence-corrected chi connectivity index (χ2v) is 8.28. The van der Waals surface area contributed by atoms with Crippen LogP contribution in [0.5, 0.6) is 0 Å².